The minimum Gasteiger partial charge on any atom is -0.467 e. The van der Waals surface area contributed by atoms with E-state index < -0.39 is 0 Å². The quantitative estimate of drug-likeness (QED) is 0.909. The van der Waals surface area contributed by atoms with Crippen LogP contribution in [0.5, 0.6) is 0 Å². The van der Waals surface area contributed by atoms with Gasteiger partial charge in [0.05, 0.1) is 12.8 Å². The van der Waals surface area contributed by atoms with Crippen LogP contribution in [-0.4, -0.2) is 0 Å². The van der Waals surface area contributed by atoms with Crippen molar-refractivity contribution >= 4 is 21.6 Å². The molecule has 78 valence electrons. The molecule has 1 N–H and O–H groups in total. The molecule has 0 aliphatic rings. The SMILES string of the molecule is Cc1cccc(NCc2ccco2)c1Br. The van der Waals surface area contributed by atoms with Gasteiger partial charge in [0.1, 0.15) is 5.76 Å². The fourth-order valence-corrected chi connectivity index (χ4v) is 1.78. The molecular weight excluding hydrogens is 254 g/mol. The lowest BCUT2D eigenvalue weighted by Gasteiger charge is -2.08. The number of aryl methyl sites for hydroxylation is 1. The standard InChI is InChI=1S/C12H12BrNO/c1-9-4-2-6-11(12(9)13)14-8-10-5-3-7-15-10/h2-7,14H,8H2,1H3. The Hall–Kier alpha value is -1.22. The number of nitrogens with one attached hydrogen (secondary N) is 1. The molecular formula is C12H12BrNO. The van der Waals surface area contributed by atoms with E-state index in [1.165, 1.54) is 5.56 Å². The summed E-state index contributed by atoms with van der Waals surface area (Å²) < 4.78 is 6.36. The largest absolute Gasteiger partial charge is 0.467 e. The van der Waals surface area contributed by atoms with Crippen LogP contribution in [0.15, 0.2) is 45.5 Å². The molecule has 0 atom stereocenters. The van der Waals surface area contributed by atoms with Crippen LogP contribution in [-0.2, 0) is 6.54 Å². The first-order valence-electron chi connectivity index (χ1n) is 4.79. The highest BCUT2D eigenvalue weighted by molar-refractivity contribution is 9.10. The average Bonchev–Trinajstić information content (AvgIpc) is 2.73. The molecule has 0 aliphatic heterocycles. The van der Waals surface area contributed by atoms with Gasteiger partial charge in [-0.05, 0) is 46.6 Å². The molecule has 0 bridgehead atoms. The summed E-state index contributed by atoms with van der Waals surface area (Å²) in [5, 5.41) is 3.32. The average molecular weight is 266 g/mol. The molecule has 0 saturated heterocycles. The van der Waals surface area contributed by atoms with Gasteiger partial charge >= 0.3 is 0 Å². The maximum absolute atomic E-state index is 5.25. The molecule has 15 heavy (non-hydrogen) atoms. The second-order valence-corrected chi connectivity index (χ2v) is 4.16. The fourth-order valence-electron chi connectivity index (χ4n) is 1.38. The van der Waals surface area contributed by atoms with Crippen LogP contribution in [0.25, 0.3) is 0 Å². The minimum absolute atomic E-state index is 0.703. The highest BCUT2D eigenvalue weighted by Crippen LogP contribution is 2.26. The van der Waals surface area contributed by atoms with Crippen molar-refractivity contribution in [3.63, 3.8) is 0 Å². The summed E-state index contributed by atoms with van der Waals surface area (Å²) in [7, 11) is 0. The first-order valence-corrected chi connectivity index (χ1v) is 5.58. The van der Waals surface area contributed by atoms with Gasteiger partial charge in [-0.25, -0.2) is 0 Å². The molecule has 0 spiro atoms. The summed E-state index contributed by atoms with van der Waals surface area (Å²) in [6.45, 7) is 2.78. The molecule has 0 saturated carbocycles. The number of hydrogen-bond donors (Lipinski definition) is 1. The highest BCUT2D eigenvalue weighted by Gasteiger charge is 2.02. The zero-order chi connectivity index (χ0) is 10.7. The van der Waals surface area contributed by atoms with Crippen molar-refractivity contribution in [2.45, 2.75) is 13.5 Å². The van der Waals surface area contributed by atoms with Crippen molar-refractivity contribution in [1.82, 2.24) is 0 Å². The molecule has 0 radical (unpaired) electrons. The molecule has 2 aromatic rings. The zero-order valence-corrected chi connectivity index (χ0v) is 10.0. The summed E-state index contributed by atoms with van der Waals surface area (Å²) in [5.41, 5.74) is 2.31. The first kappa shape index (κ1) is 10.3. The van der Waals surface area contributed by atoms with E-state index in [0.717, 1.165) is 15.9 Å². The van der Waals surface area contributed by atoms with Crippen LogP contribution >= 0.6 is 15.9 Å². The van der Waals surface area contributed by atoms with Gasteiger partial charge in [0.25, 0.3) is 0 Å². The lowest BCUT2D eigenvalue weighted by molar-refractivity contribution is 0.518. The van der Waals surface area contributed by atoms with Gasteiger partial charge in [-0.1, -0.05) is 12.1 Å². The van der Waals surface area contributed by atoms with Gasteiger partial charge < -0.3 is 9.73 Å². The van der Waals surface area contributed by atoms with Gasteiger partial charge in [0, 0.05) is 10.2 Å². The Balaban J connectivity index is 2.08. The molecule has 2 rings (SSSR count). The monoisotopic (exact) mass is 265 g/mol. The summed E-state index contributed by atoms with van der Waals surface area (Å²) in [6.07, 6.45) is 1.68. The molecule has 0 unspecified atom stereocenters. The molecule has 0 fully saturated rings. The number of halogens is 1. The van der Waals surface area contributed by atoms with Crippen molar-refractivity contribution in [1.29, 1.82) is 0 Å². The van der Waals surface area contributed by atoms with Crippen LogP contribution in [0.2, 0.25) is 0 Å². The molecule has 2 nitrogen and oxygen atoms in total. The molecule has 1 aromatic carbocycles. The van der Waals surface area contributed by atoms with Gasteiger partial charge in [0.15, 0.2) is 0 Å². The second kappa shape index (κ2) is 4.53. The van der Waals surface area contributed by atoms with Crippen LogP contribution in [0.3, 0.4) is 0 Å². The Morgan fingerprint density at radius 1 is 1.27 bits per heavy atom. The lowest BCUT2D eigenvalue weighted by atomic mass is 10.2. The number of hydrogen-bond acceptors (Lipinski definition) is 2. The number of benzene rings is 1. The lowest BCUT2D eigenvalue weighted by Crippen LogP contribution is -1.99. The van der Waals surface area contributed by atoms with Crippen LogP contribution in [0.4, 0.5) is 5.69 Å². The Morgan fingerprint density at radius 3 is 2.87 bits per heavy atom. The number of furan rings is 1. The van der Waals surface area contributed by atoms with E-state index in [-0.39, 0.29) is 0 Å². The van der Waals surface area contributed by atoms with E-state index in [4.69, 9.17) is 4.42 Å². The summed E-state index contributed by atoms with van der Waals surface area (Å²) in [6, 6.07) is 9.99. The first-order chi connectivity index (χ1) is 7.27. The van der Waals surface area contributed by atoms with E-state index in [0.29, 0.717) is 6.54 Å². The third-order valence-electron chi connectivity index (χ3n) is 2.22. The number of anilines is 1. The Morgan fingerprint density at radius 2 is 2.13 bits per heavy atom. The highest BCUT2D eigenvalue weighted by atomic mass is 79.9. The van der Waals surface area contributed by atoms with Crippen molar-refractivity contribution in [3.8, 4) is 0 Å². The predicted octanol–water partition coefficient (Wildman–Crippen LogP) is 3.96. The van der Waals surface area contributed by atoms with Gasteiger partial charge in [-0.15, -0.1) is 0 Å². The summed E-state index contributed by atoms with van der Waals surface area (Å²) in [5.74, 6) is 0.934. The predicted molar refractivity (Wildman–Crippen MR) is 64.9 cm³/mol. The third kappa shape index (κ3) is 2.42. The molecule has 3 heteroatoms. The topological polar surface area (TPSA) is 25.2 Å². The van der Waals surface area contributed by atoms with Crippen molar-refractivity contribution in [3.05, 3.63) is 52.4 Å². The van der Waals surface area contributed by atoms with Crippen LogP contribution in [0.1, 0.15) is 11.3 Å². The van der Waals surface area contributed by atoms with E-state index in [1.807, 2.05) is 24.3 Å². The zero-order valence-electron chi connectivity index (χ0n) is 8.46. The Labute approximate surface area is 97.4 Å². The van der Waals surface area contributed by atoms with E-state index in [9.17, 15) is 0 Å². The van der Waals surface area contributed by atoms with Crippen molar-refractivity contribution in [2.75, 3.05) is 5.32 Å². The van der Waals surface area contributed by atoms with Gasteiger partial charge in [0.2, 0.25) is 0 Å². The van der Waals surface area contributed by atoms with E-state index in [2.05, 4.69) is 34.2 Å². The summed E-state index contributed by atoms with van der Waals surface area (Å²) in [4.78, 5) is 0. The molecule has 1 aromatic heterocycles. The maximum atomic E-state index is 5.25. The van der Waals surface area contributed by atoms with E-state index in [1.54, 1.807) is 6.26 Å². The van der Waals surface area contributed by atoms with Crippen molar-refractivity contribution < 1.29 is 4.42 Å². The maximum Gasteiger partial charge on any atom is 0.122 e. The Bertz CT molecular complexity index is 437. The normalized spacial score (nSPS) is 10.3. The van der Waals surface area contributed by atoms with Crippen molar-refractivity contribution in [2.24, 2.45) is 0 Å². The molecule has 0 amide bonds. The molecule has 0 aliphatic carbocycles. The second-order valence-electron chi connectivity index (χ2n) is 3.37. The third-order valence-corrected chi connectivity index (χ3v) is 3.28. The van der Waals surface area contributed by atoms with Crippen LogP contribution < -0.4 is 5.32 Å². The van der Waals surface area contributed by atoms with Gasteiger partial charge in [-0.2, -0.15) is 0 Å². The van der Waals surface area contributed by atoms with E-state index >= 15 is 0 Å². The van der Waals surface area contributed by atoms with Crippen LogP contribution in [0, 0.1) is 6.92 Å². The summed E-state index contributed by atoms with van der Waals surface area (Å²) >= 11 is 3.55. The minimum atomic E-state index is 0.703. The number of rotatable bonds is 3. The molecule has 1 heterocycles. The smallest absolute Gasteiger partial charge is 0.122 e. The fraction of sp³-hybridized carbons (Fsp3) is 0.167. The Kier molecular flexibility index (Phi) is 3.11. The van der Waals surface area contributed by atoms with Gasteiger partial charge in [-0.3, -0.25) is 0 Å².